The summed E-state index contributed by atoms with van der Waals surface area (Å²) in [5.41, 5.74) is 0.429. The van der Waals surface area contributed by atoms with Crippen LogP contribution in [0.25, 0.3) is 0 Å². The maximum Gasteiger partial charge on any atom is 0.270 e. The molecule has 0 aromatic carbocycles. The van der Waals surface area contributed by atoms with Crippen LogP contribution in [0.3, 0.4) is 0 Å². The fourth-order valence-electron chi connectivity index (χ4n) is 2.34. The Kier molecular flexibility index (Phi) is 4.56. The van der Waals surface area contributed by atoms with Gasteiger partial charge in [-0.25, -0.2) is 4.98 Å². The van der Waals surface area contributed by atoms with Gasteiger partial charge < -0.3 is 10.1 Å². The number of nitrogens with one attached hydrogen (secondary N) is 1. The summed E-state index contributed by atoms with van der Waals surface area (Å²) in [6.45, 7) is 0. The second-order valence-electron chi connectivity index (χ2n) is 4.73. The number of methoxy groups -OCH3 is 1. The van der Waals surface area contributed by atoms with Crippen LogP contribution in [-0.2, 0) is 0 Å². The summed E-state index contributed by atoms with van der Waals surface area (Å²) in [7, 11) is 1.55. The van der Waals surface area contributed by atoms with Gasteiger partial charge in [0.15, 0.2) is 0 Å². The molecule has 0 radical (unpaired) electrons. The van der Waals surface area contributed by atoms with E-state index in [0.29, 0.717) is 17.6 Å². The van der Waals surface area contributed by atoms with E-state index < -0.39 is 0 Å². The molecule has 0 saturated heterocycles. The third kappa shape index (κ3) is 3.45. The summed E-state index contributed by atoms with van der Waals surface area (Å²) in [4.78, 5) is 16.2. The average molecular weight is 248 g/mol. The van der Waals surface area contributed by atoms with E-state index in [9.17, 15) is 4.79 Å². The van der Waals surface area contributed by atoms with Crippen molar-refractivity contribution in [2.45, 2.75) is 44.6 Å². The SMILES string of the molecule is COc1cccc(C(=O)NC2CCCCCC2)n1. The highest BCUT2D eigenvalue weighted by Crippen LogP contribution is 2.17. The first kappa shape index (κ1) is 12.9. The Balaban J connectivity index is 1.97. The van der Waals surface area contributed by atoms with Gasteiger partial charge in [0.05, 0.1) is 7.11 Å². The van der Waals surface area contributed by atoms with Gasteiger partial charge in [-0.15, -0.1) is 0 Å². The molecule has 1 saturated carbocycles. The first-order valence-electron chi connectivity index (χ1n) is 6.61. The fraction of sp³-hybridized carbons (Fsp3) is 0.571. The zero-order valence-corrected chi connectivity index (χ0v) is 10.8. The highest BCUT2D eigenvalue weighted by molar-refractivity contribution is 5.92. The van der Waals surface area contributed by atoms with Gasteiger partial charge in [-0.3, -0.25) is 4.79 Å². The third-order valence-electron chi connectivity index (χ3n) is 3.36. The van der Waals surface area contributed by atoms with E-state index >= 15 is 0 Å². The van der Waals surface area contributed by atoms with Crippen molar-refractivity contribution in [3.05, 3.63) is 23.9 Å². The normalized spacial score (nSPS) is 16.9. The van der Waals surface area contributed by atoms with Gasteiger partial charge >= 0.3 is 0 Å². The Labute approximate surface area is 108 Å². The zero-order valence-electron chi connectivity index (χ0n) is 10.8. The molecule has 98 valence electrons. The first-order chi connectivity index (χ1) is 8.79. The van der Waals surface area contributed by atoms with Crippen LogP contribution in [0.1, 0.15) is 49.0 Å². The zero-order chi connectivity index (χ0) is 12.8. The van der Waals surface area contributed by atoms with Crippen molar-refractivity contribution in [1.82, 2.24) is 10.3 Å². The minimum absolute atomic E-state index is 0.0965. The third-order valence-corrected chi connectivity index (χ3v) is 3.36. The van der Waals surface area contributed by atoms with E-state index in [2.05, 4.69) is 10.3 Å². The van der Waals surface area contributed by atoms with E-state index in [1.807, 2.05) is 0 Å². The van der Waals surface area contributed by atoms with E-state index in [-0.39, 0.29) is 5.91 Å². The van der Waals surface area contributed by atoms with Crippen LogP contribution in [0.15, 0.2) is 18.2 Å². The molecule has 4 nitrogen and oxygen atoms in total. The predicted octanol–water partition coefficient (Wildman–Crippen LogP) is 2.54. The van der Waals surface area contributed by atoms with Crippen LogP contribution in [-0.4, -0.2) is 24.0 Å². The van der Waals surface area contributed by atoms with Gasteiger partial charge in [-0.1, -0.05) is 31.7 Å². The van der Waals surface area contributed by atoms with Crippen molar-refractivity contribution in [3.63, 3.8) is 0 Å². The van der Waals surface area contributed by atoms with Crippen molar-refractivity contribution in [2.75, 3.05) is 7.11 Å². The molecule has 1 amide bonds. The lowest BCUT2D eigenvalue weighted by molar-refractivity contribution is 0.0927. The molecule has 0 atom stereocenters. The Morgan fingerprint density at radius 1 is 1.28 bits per heavy atom. The molecule has 0 unspecified atom stereocenters. The number of amides is 1. The first-order valence-corrected chi connectivity index (χ1v) is 6.61. The number of nitrogens with zero attached hydrogens (tertiary/aromatic N) is 1. The molecule has 1 N–H and O–H groups in total. The summed E-state index contributed by atoms with van der Waals surface area (Å²) >= 11 is 0. The maximum atomic E-state index is 12.1. The van der Waals surface area contributed by atoms with Crippen LogP contribution in [0.5, 0.6) is 5.88 Å². The number of pyridine rings is 1. The second kappa shape index (κ2) is 6.38. The molecule has 1 aliphatic rings. The molecule has 1 aliphatic carbocycles. The number of ether oxygens (including phenoxy) is 1. The van der Waals surface area contributed by atoms with Crippen molar-refractivity contribution in [2.24, 2.45) is 0 Å². The molecular weight excluding hydrogens is 228 g/mol. The Morgan fingerprint density at radius 3 is 2.67 bits per heavy atom. The number of hydrogen-bond acceptors (Lipinski definition) is 3. The largest absolute Gasteiger partial charge is 0.481 e. The minimum atomic E-state index is -0.0965. The van der Waals surface area contributed by atoms with E-state index in [1.54, 1.807) is 25.3 Å². The summed E-state index contributed by atoms with van der Waals surface area (Å²) in [5.74, 6) is 0.379. The van der Waals surface area contributed by atoms with Crippen LogP contribution in [0.2, 0.25) is 0 Å². The monoisotopic (exact) mass is 248 g/mol. The van der Waals surface area contributed by atoms with Crippen molar-refractivity contribution >= 4 is 5.91 Å². The summed E-state index contributed by atoms with van der Waals surface area (Å²) in [6, 6.07) is 5.54. The molecule has 1 aromatic heterocycles. The van der Waals surface area contributed by atoms with E-state index in [1.165, 1.54) is 25.7 Å². The summed E-state index contributed by atoms with van der Waals surface area (Å²) < 4.78 is 5.02. The van der Waals surface area contributed by atoms with Crippen LogP contribution >= 0.6 is 0 Å². The minimum Gasteiger partial charge on any atom is -0.481 e. The van der Waals surface area contributed by atoms with E-state index in [0.717, 1.165) is 12.8 Å². The number of carbonyl (C=O) groups is 1. The lowest BCUT2D eigenvalue weighted by Gasteiger charge is -2.15. The molecule has 1 heterocycles. The van der Waals surface area contributed by atoms with Gasteiger partial charge in [0.2, 0.25) is 5.88 Å². The van der Waals surface area contributed by atoms with Crippen LogP contribution in [0.4, 0.5) is 0 Å². The van der Waals surface area contributed by atoms with Gasteiger partial charge in [0.25, 0.3) is 5.91 Å². The predicted molar refractivity (Wildman–Crippen MR) is 69.7 cm³/mol. The van der Waals surface area contributed by atoms with Crippen molar-refractivity contribution in [3.8, 4) is 5.88 Å². The molecule has 1 aromatic rings. The molecule has 2 rings (SSSR count). The Hall–Kier alpha value is -1.58. The fourth-order valence-corrected chi connectivity index (χ4v) is 2.34. The molecule has 0 aliphatic heterocycles. The molecule has 18 heavy (non-hydrogen) atoms. The van der Waals surface area contributed by atoms with E-state index in [4.69, 9.17) is 4.74 Å². The lowest BCUT2D eigenvalue weighted by atomic mass is 10.1. The number of aromatic nitrogens is 1. The van der Waals surface area contributed by atoms with Gasteiger partial charge in [0.1, 0.15) is 5.69 Å². The van der Waals surface area contributed by atoms with Crippen LogP contribution < -0.4 is 10.1 Å². The second-order valence-corrected chi connectivity index (χ2v) is 4.73. The highest BCUT2D eigenvalue weighted by atomic mass is 16.5. The molecule has 1 fully saturated rings. The summed E-state index contributed by atoms with van der Waals surface area (Å²) in [6.07, 6.45) is 7.13. The standard InChI is InChI=1S/C14H20N2O2/c1-18-13-10-6-9-12(16-13)14(17)15-11-7-4-2-3-5-8-11/h6,9-11H,2-5,7-8H2,1H3,(H,15,17). The van der Waals surface area contributed by atoms with Gasteiger partial charge in [-0.05, 0) is 18.9 Å². The van der Waals surface area contributed by atoms with Crippen molar-refractivity contribution < 1.29 is 9.53 Å². The van der Waals surface area contributed by atoms with Crippen molar-refractivity contribution in [1.29, 1.82) is 0 Å². The van der Waals surface area contributed by atoms with Gasteiger partial charge in [0, 0.05) is 12.1 Å². The maximum absolute atomic E-state index is 12.1. The molecule has 0 bridgehead atoms. The summed E-state index contributed by atoms with van der Waals surface area (Å²) in [5, 5.41) is 3.07. The number of rotatable bonds is 3. The Bertz CT molecular complexity index is 399. The van der Waals surface area contributed by atoms with Gasteiger partial charge in [-0.2, -0.15) is 0 Å². The number of carbonyl (C=O) groups excluding carboxylic acids is 1. The molecule has 4 heteroatoms. The Morgan fingerprint density at radius 2 is 2.00 bits per heavy atom. The lowest BCUT2D eigenvalue weighted by Crippen LogP contribution is -2.34. The molecular formula is C14H20N2O2. The highest BCUT2D eigenvalue weighted by Gasteiger charge is 2.16. The smallest absolute Gasteiger partial charge is 0.270 e. The molecule has 0 spiro atoms. The van der Waals surface area contributed by atoms with Crippen LogP contribution in [0, 0.1) is 0 Å². The number of hydrogen-bond donors (Lipinski definition) is 1. The quantitative estimate of drug-likeness (QED) is 0.836. The average Bonchev–Trinajstić information content (AvgIpc) is 2.67. The topological polar surface area (TPSA) is 51.2 Å².